The largest absolute Gasteiger partial charge is 0.490 e. The van der Waals surface area contributed by atoms with Crippen LogP contribution in [0, 0.1) is 0 Å². The van der Waals surface area contributed by atoms with E-state index in [1.807, 2.05) is 19.1 Å². The molecule has 2 unspecified atom stereocenters. The molecule has 0 radical (unpaired) electrons. The van der Waals surface area contributed by atoms with Crippen molar-refractivity contribution in [2.24, 2.45) is 5.73 Å². The molecule has 1 saturated heterocycles. The van der Waals surface area contributed by atoms with Crippen molar-refractivity contribution in [3.63, 3.8) is 0 Å². The minimum atomic E-state index is -0.0481. The molecule has 3 heteroatoms. The average Bonchev–Trinajstić information content (AvgIpc) is 2.90. The smallest absolute Gasteiger partial charge is 0.132 e. The summed E-state index contributed by atoms with van der Waals surface area (Å²) >= 11 is 0. The highest BCUT2D eigenvalue weighted by molar-refractivity contribution is 5.89. The summed E-state index contributed by atoms with van der Waals surface area (Å²) in [5.41, 5.74) is 7.16. The Morgan fingerprint density at radius 2 is 2.05 bits per heavy atom. The quantitative estimate of drug-likeness (QED) is 0.929. The Bertz CT molecular complexity index is 624. The molecule has 1 aliphatic heterocycles. The standard InChI is InChI=1S/C18H23NO2/c1-12-7-9-15(21-12)11-20-18-16(13(2)19)10-8-14-5-3-4-6-17(14)18/h3-6,8,10,12-13,15H,7,9,11,19H2,1-2H3/t12?,13-,15?/m1/s1. The minimum Gasteiger partial charge on any atom is -0.490 e. The SMILES string of the molecule is CC1CCC(COc2c([C@@H](C)N)ccc3ccccc23)O1. The van der Waals surface area contributed by atoms with Crippen molar-refractivity contribution in [2.45, 2.75) is 44.9 Å². The number of fused-ring (bicyclic) bond motifs is 1. The first-order chi connectivity index (χ1) is 10.1. The van der Waals surface area contributed by atoms with E-state index < -0.39 is 0 Å². The topological polar surface area (TPSA) is 44.5 Å². The van der Waals surface area contributed by atoms with E-state index in [-0.39, 0.29) is 12.1 Å². The number of benzene rings is 2. The van der Waals surface area contributed by atoms with Gasteiger partial charge in [0.25, 0.3) is 0 Å². The molecule has 1 heterocycles. The van der Waals surface area contributed by atoms with Crippen molar-refractivity contribution in [2.75, 3.05) is 6.61 Å². The molecule has 1 aliphatic rings. The van der Waals surface area contributed by atoms with Crippen molar-refractivity contribution >= 4 is 10.8 Å². The van der Waals surface area contributed by atoms with E-state index in [0.717, 1.165) is 29.5 Å². The Hall–Kier alpha value is -1.58. The van der Waals surface area contributed by atoms with E-state index in [1.165, 1.54) is 5.39 Å². The van der Waals surface area contributed by atoms with Gasteiger partial charge in [-0.3, -0.25) is 0 Å². The van der Waals surface area contributed by atoms with E-state index in [0.29, 0.717) is 12.7 Å². The van der Waals surface area contributed by atoms with Gasteiger partial charge in [0.1, 0.15) is 12.4 Å². The molecule has 3 nitrogen and oxygen atoms in total. The van der Waals surface area contributed by atoms with Crippen LogP contribution in [-0.4, -0.2) is 18.8 Å². The first-order valence-corrected chi connectivity index (χ1v) is 7.70. The third-order valence-corrected chi connectivity index (χ3v) is 4.13. The fourth-order valence-corrected chi connectivity index (χ4v) is 2.96. The van der Waals surface area contributed by atoms with Crippen LogP contribution in [0.25, 0.3) is 10.8 Å². The van der Waals surface area contributed by atoms with Crippen LogP contribution in [0.5, 0.6) is 5.75 Å². The second-order valence-electron chi connectivity index (χ2n) is 5.95. The molecule has 2 aromatic carbocycles. The number of hydrogen-bond donors (Lipinski definition) is 1. The molecule has 3 atom stereocenters. The van der Waals surface area contributed by atoms with Crippen LogP contribution < -0.4 is 10.5 Å². The Kier molecular flexibility index (Phi) is 4.13. The lowest BCUT2D eigenvalue weighted by Gasteiger charge is -2.19. The summed E-state index contributed by atoms with van der Waals surface area (Å²) in [5.74, 6) is 0.909. The molecule has 0 bridgehead atoms. The monoisotopic (exact) mass is 285 g/mol. The Balaban J connectivity index is 1.89. The molecule has 3 rings (SSSR count). The third kappa shape index (κ3) is 3.04. The van der Waals surface area contributed by atoms with Crippen molar-refractivity contribution < 1.29 is 9.47 Å². The maximum Gasteiger partial charge on any atom is 0.132 e. The van der Waals surface area contributed by atoms with Crippen molar-refractivity contribution in [1.82, 2.24) is 0 Å². The summed E-state index contributed by atoms with van der Waals surface area (Å²) in [7, 11) is 0. The van der Waals surface area contributed by atoms with Crippen molar-refractivity contribution in [3.05, 3.63) is 42.0 Å². The van der Waals surface area contributed by atoms with E-state index in [2.05, 4.69) is 31.2 Å². The van der Waals surface area contributed by atoms with Gasteiger partial charge < -0.3 is 15.2 Å². The first-order valence-electron chi connectivity index (χ1n) is 7.70. The highest BCUT2D eigenvalue weighted by Gasteiger charge is 2.23. The minimum absolute atomic E-state index is 0.0481. The van der Waals surface area contributed by atoms with Crippen LogP contribution in [0.15, 0.2) is 36.4 Å². The molecule has 0 aliphatic carbocycles. The average molecular weight is 285 g/mol. The molecular formula is C18H23NO2. The Labute approximate surface area is 126 Å². The summed E-state index contributed by atoms with van der Waals surface area (Å²) in [5, 5.41) is 2.30. The van der Waals surface area contributed by atoms with Crippen LogP contribution in [0.3, 0.4) is 0 Å². The van der Waals surface area contributed by atoms with Crippen molar-refractivity contribution in [1.29, 1.82) is 0 Å². The van der Waals surface area contributed by atoms with Gasteiger partial charge in [0.2, 0.25) is 0 Å². The maximum atomic E-state index is 6.14. The lowest BCUT2D eigenvalue weighted by atomic mass is 10.0. The fraction of sp³-hybridized carbons (Fsp3) is 0.444. The van der Waals surface area contributed by atoms with Crippen LogP contribution in [0.1, 0.15) is 38.3 Å². The maximum absolute atomic E-state index is 6.14. The second kappa shape index (κ2) is 6.04. The third-order valence-electron chi connectivity index (χ3n) is 4.13. The molecule has 0 amide bonds. The van der Waals surface area contributed by atoms with Gasteiger partial charge in [0, 0.05) is 17.0 Å². The van der Waals surface area contributed by atoms with Crippen LogP contribution in [0.4, 0.5) is 0 Å². The van der Waals surface area contributed by atoms with E-state index in [1.54, 1.807) is 0 Å². The molecule has 2 aromatic rings. The molecule has 0 aromatic heterocycles. The molecular weight excluding hydrogens is 262 g/mol. The van der Waals surface area contributed by atoms with Gasteiger partial charge >= 0.3 is 0 Å². The molecule has 1 fully saturated rings. The van der Waals surface area contributed by atoms with Crippen molar-refractivity contribution in [3.8, 4) is 5.75 Å². The lowest BCUT2D eigenvalue weighted by molar-refractivity contribution is 0.0265. The normalized spacial score (nSPS) is 23.4. The van der Waals surface area contributed by atoms with Crippen LogP contribution >= 0.6 is 0 Å². The highest BCUT2D eigenvalue weighted by atomic mass is 16.5. The Morgan fingerprint density at radius 3 is 2.76 bits per heavy atom. The van der Waals surface area contributed by atoms with E-state index >= 15 is 0 Å². The van der Waals surface area contributed by atoms with Gasteiger partial charge in [-0.1, -0.05) is 36.4 Å². The number of nitrogens with two attached hydrogens (primary N) is 1. The number of ether oxygens (including phenoxy) is 2. The molecule has 2 N–H and O–H groups in total. The van der Waals surface area contributed by atoms with Crippen LogP contribution in [-0.2, 0) is 4.74 Å². The predicted octanol–water partition coefficient (Wildman–Crippen LogP) is 3.81. The van der Waals surface area contributed by atoms with E-state index in [4.69, 9.17) is 15.2 Å². The highest BCUT2D eigenvalue weighted by Crippen LogP contribution is 2.33. The van der Waals surface area contributed by atoms with Gasteiger partial charge in [-0.25, -0.2) is 0 Å². The second-order valence-corrected chi connectivity index (χ2v) is 5.95. The Morgan fingerprint density at radius 1 is 1.24 bits per heavy atom. The van der Waals surface area contributed by atoms with Gasteiger partial charge in [-0.05, 0) is 32.1 Å². The fourth-order valence-electron chi connectivity index (χ4n) is 2.96. The lowest BCUT2D eigenvalue weighted by Crippen LogP contribution is -2.19. The summed E-state index contributed by atoms with van der Waals surface area (Å²) in [6.45, 7) is 4.70. The predicted molar refractivity (Wildman–Crippen MR) is 85.6 cm³/mol. The molecule has 112 valence electrons. The van der Waals surface area contributed by atoms with Crippen LogP contribution in [0.2, 0.25) is 0 Å². The van der Waals surface area contributed by atoms with Gasteiger partial charge in [0.05, 0.1) is 12.2 Å². The van der Waals surface area contributed by atoms with Gasteiger partial charge in [0.15, 0.2) is 0 Å². The first kappa shape index (κ1) is 14.4. The zero-order chi connectivity index (χ0) is 14.8. The zero-order valence-electron chi connectivity index (χ0n) is 12.7. The summed E-state index contributed by atoms with van der Waals surface area (Å²) in [6.07, 6.45) is 2.72. The number of rotatable bonds is 4. The summed E-state index contributed by atoms with van der Waals surface area (Å²) in [4.78, 5) is 0. The zero-order valence-corrected chi connectivity index (χ0v) is 12.7. The van der Waals surface area contributed by atoms with E-state index in [9.17, 15) is 0 Å². The number of hydrogen-bond acceptors (Lipinski definition) is 3. The summed E-state index contributed by atoms with van der Waals surface area (Å²) < 4.78 is 12.0. The molecule has 21 heavy (non-hydrogen) atoms. The molecule has 0 saturated carbocycles. The summed E-state index contributed by atoms with van der Waals surface area (Å²) in [6, 6.07) is 12.4. The van der Waals surface area contributed by atoms with Gasteiger partial charge in [-0.2, -0.15) is 0 Å². The molecule has 0 spiro atoms. The van der Waals surface area contributed by atoms with Gasteiger partial charge in [-0.15, -0.1) is 0 Å².